The molecule has 2 unspecified atom stereocenters. The first-order valence-electron chi connectivity index (χ1n) is 3.01. The first-order chi connectivity index (χ1) is 3.31. The zero-order chi connectivity index (χ0) is 5.70. The molecule has 0 aliphatic carbocycles. The molecule has 0 rings (SSSR count). The van der Waals surface area contributed by atoms with Gasteiger partial charge in [-0.25, -0.2) is 0 Å². The standard InChI is InChI=1S/C6H15P.HI/c1-3-6(2)4-5-7;/h6H,3-5,7H2,1-2H3;1H. The third-order valence-corrected chi connectivity index (χ3v) is 1.69. The molecule has 0 aliphatic rings. The van der Waals surface area contributed by atoms with Gasteiger partial charge in [0.2, 0.25) is 0 Å². The molecule has 0 fully saturated rings. The van der Waals surface area contributed by atoms with Crippen molar-refractivity contribution in [2.75, 3.05) is 6.16 Å². The second-order valence-electron chi connectivity index (χ2n) is 2.09. The van der Waals surface area contributed by atoms with E-state index < -0.39 is 0 Å². The topological polar surface area (TPSA) is 0 Å². The third kappa shape index (κ3) is 7.16. The summed E-state index contributed by atoms with van der Waals surface area (Å²) in [5, 5.41) is 0. The van der Waals surface area contributed by atoms with E-state index >= 15 is 0 Å². The van der Waals surface area contributed by atoms with Crippen LogP contribution in [0.15, 0.2) is 0 Å². The molecule has 0 aliphatic heterocycles. The van der Waals surface area contributed by atoms with Crippen LogP contribution in [0.5, 0.6) is 0 Å². The van der Waals surface area contributed by atoms with Crippen molar-refractivity contribution in [3.63, 3.8) is 0 Å². The Morgan fingerprint density at radius 1 is 1.50 bits per heavy atom. The van der Waals surface area contributed by atoms with Crippen molar-refractivity contribution in [3.05, 3.63) is 0 Å². The minimum Gasteiger partial charge on any atom is -0.138 e. The normalized spacial score (nSPS) is 12.4. The molecule has 0 bridgehead atoms. The van der Waals surface area contributed by atoms with Crippen LogP contribution >= 0.6 is 33.2 Å². The van der Waals surface area contributed by atoms with Crippen LogP contribution in [0.3, 0.4) is 0 Å². The summed E-state index contributed by atoms with van der Waals surface area (Å²) in [5.41, 5.74) is 0. The Bertz CT molecular complexity index is 39.5. The summed E-state index contributed by atoms with van der Waals surface area (Å²) in [6.45, 7) is 4.54. The van der Waals surface area contributed by atoms with Crippen molar-refractivity contribution in [2.24, 2.45) is 5.92 Å². The van der Waals surface area contributed by atoms with Gasteiger partial charge in [0, 0.05) is 0 Å². The molecule has 0 amide bonds. The quantitative estimate of drug-likeness (QED) is 0.530. The lowest BCUT2D eigenvalue weighted by Gasteiger charge is -2.02. The van der Waals surface area contributed by atoms with Crippen LogP contribution in [0.4, 0.5) is 0 Å². The zero-order valence-electron chi connectivity index (χ0n) is 5.68. The maximum Gasteiger partial charge on any atom is -0.0379 e. The molecule has 8 heavy (non-hydrogen) atoms. The van der Waals surface area contributed by atoms with Gasteiger partial charge in [-0.3, -0.25) is 0 Å². The SMILES string of the molecule is CCC(C)CCP.I. The summed E-state index contributed by atoms with van der Waals surface area (Å²) >= 11 is 0. The van der Waals surface area contributed by atoms with Crippen LogP contribution in [0.25, 0.3) is 0 Å². The van der Waals surface area contributed by atoms with Crippen molar-refractivity contribution < 1.29 is 0 Å². The van der Waals surface area contributed by atoms with Gasteiger partial charge >= 0.3 is 0 Å². The van der Waals surface area contributed by atoms with E-state index in [1.165, 1.54) is 19.0 Å². The Kier molecular flexibility index (Phi) is 12.1. The van der Waals surface area contributed by atoms with E-state index in [0.29, 0.717) is 0 Å². The molecule has 0 saturated carbocycles. The molecule has 0 radical (unpaired) electrons. The van der Waals surface area contributed by atoms with E-state index in [4.69, 9.17) is 0 Å². The molecule has 0 aromatic heterocycles. The van der Waals surface area contributed by atoms with E-state index in [2.05, 4.69) is 23.1 Å². The summed E-state index contributed by atoms with van der Waals surface area (Å²) in [6.07, 6.45) is 3.95. The summed E-state index contributed by atoms with van der Waals surface area (Å²) in [5.74, 6) is 0.928. The van der Waals surface area contributed by atoms with E-state index in [1.54, 1.807) is 0 Å². The molecule has 0 nitrogen and oxygen atoms in total. The van der Waals surface area contributed by atoms with E-state index in [-0.39, 0.29) is 24.0 Å². The van der Waals surface area contributed by atoms with Crippen molar-refractivity contribution in [1.82, 2.24) is 0 Å². The van der Waals surface area contributed by atoms with Crippen LogP contribution in [0.2, 0.25) is 0 Å². The Hall–Kier alpha value is 1.16. The fourth-order valence-corrected chi connectivity index (χ4v) is 1.06. The van der Waals surface area contributed by atoms with Crippen molar-refractivity contribution in [1.29, 1.82) is 0 Å². The first kappa shape index (κ1) is 11.9. The summed E-state index contributed by atoms with van der Waals surface area (Å²) in [7, 11) is 2.75. The highest BCUT2D eigenvalue weighted by molar-refractivity contribution is 14.0. The number of halogens is 1. The van der Waals surface area contributed by atoms with Gasteiger partial charge in [0.05, 0.1) is 0 Å². The number of hydrogen-bond donors (Lipinski definition) is 0. The van der Waals surface area contributed by atoms with E-state index in [0.717, 1.165) is 5.92 Å². The number of hydrogen-bond acceptors (Lipinski definition) is 0. The molecule has 0 aromatic carbocycles. The van der Waals surface area contributed by atoms with Crippen LogP contribution in [0.1, 0.15) is 26.7 Å². The fourth-order valence-electron chi connectivity index (χ4n) is 0.489. The highest BCUT2D eigenvalue weighted by atomic mass is 127. The van der Waals surface area contributed by atoms with Crippen molar-refractivity contribution in [3.8, 4) is 0 Å². The Morgan fingerprint density at radius 2 is 2.00 bits per heavy atom. The van der Waals surface area contributed by atoms with Gasteiger partial charge in [-0.15, -0.1) is 33.2 Å². The summed E-state index contributed by atoms with van der Waals surface area (Å²) in [4.78, 5) is 0. The molecule has 2 heteroatoms. The largest absolute Gasteiger partial charge is 0.138 e. The maximum atomic E-state index is 2.75. The molecule has 0 spiro atoms. The van der Waals surface area contributed by atoms with Crippen LogP contribution in [-0.4, -0.2) is 6.16 Å². The molecular formula is C6H16IP. The lowest BCUT2D eigenvalue weighted by atomic mass is 10.1. The lowest BCUT2D eigenvalue weighted by Crippen LogP contribution is -1.90. The van der Waals surface area contributed by atoms with Gasteiger partial charge in [0.15, 0.2) is 0 Å². The van der Waals surface area contributed by atoms with Gasteiger partial charge in [-0.2, -0.15) is 0 Å². The van der Waals surface area contributed by atoms with Crippen molar-refractivity contribution in [2.45, 2.75) is 26.7 Å². The van der Waals surface area contributed by atoms with Gasteiger partial charge in [-0.05, 0) is 18.5 Å². The maximum absolute atomic E-state index is 2.75. The van der Waals surface area contributed by atoms with Gasteiger partial charge < -0.3 is 0 Å². The molecule has 52 valence electrons. The summed E-state index contributed by atoms with van der Waals surface area (Å²) in [6, 6.07) is 0. The monoisotopic (exact) mass is 246 g/mol. The summed E-state index contributed by atoms with van der Waals surface area (Å²) < 4.78 is 0. The molecule has 0 aromatic rings. The first-order valence-corrected chi connectivity index (χ1v) is 3.83. The average Bonchev–Trinajstić information content (AvgIpc) is 1.68. The highest BCUT2D eigenvalue weighted by Gasteiger charge is 1.92. The van der Waals surface area contributed by atoms with E-state index in [1.807, 2.05) is 0 Å². The minimum atomic E-state index is 0. The Morgan fingerprint density at radius 3 is 2.12 bits per heavy atom. The van der Waals surface area contributed by atoms with Crippen LogP contribution in [0, 0.1) is 5.92 Å². The Balaban J connectivity index is 0. The van der Waals surface area contributed by atoms with Crippen LogP contribution < -0.4 is 0 Å². The zero-order valence-corrected chi connectivity index (χ0v) is 9.17. The van der Waals surface area contributed by atoms with Gasteiger partial charge in [0.25, 0.3) is 0 Å². The van der Waals surface area contributed by atoms with Crippen molar-refractivity contribution >= 4 is 33.2 Å². The highest BCUT2D eigenvalue weighted by Crippen LogP contribution is 2.06. The molecule has 2 atom stereocenters. The minimum absolute atomic E-state index is 0. The fraction of sp³-hybridized carbons (Fsp3) is 1.00. The number of rotatable bonds is 3. The third-order valence-electron chi connectivity index (χ3n) is 1.36. The smallest absolute Gasteiger partial charge is 0.0379 e. The van der Waals surface area contributed by atoms with Gasteiger partial charge in [-0.1, -0.05) is 20.3 Å². The van der Waals surface area contributed by atoms with E-state index in [9.17, 15) is 0 Å². The average molecular weight is 246 g/mol. The molecular weight excluding hydrogens is 230 g/mol. The van der Waals surface area contributed by atoms with Crippen LogP contribution in [-0.2, 0) is 0 Å². The second-order valence-corrected chi connectivity index (χ2v) is 2.67. The Labute approximate surface area is 72.0 Å². The molecule has 0 heterocycles. The molecule has 0 N–H and O–H groups in total. The lowest BCUT2D eigenvalue weighted by molar-refractivity contribution is 0.549. The van der Waals surface area contributed by atoms with Gasteiger partial charge in [0.1, 0.15) is 0 Å². The predicted octanol–water partition coefficient (Wildman–Crippen LogP) is 2.92. The second kappa shape index (κ2) is 8.16. The predicted molar refractivity (Wildman–Crippen MR) is 54.1 cm³/mol. The molecule has 0 saturated heterocycles.